The smallest absolute Gasteiger partial charge is 0.230 e. The molecule has 3 N–H and O–H groups in total. The highest BCUT2D eigenvalue weighted by Gasteiger charge is 2.51. The number of benzene rings is 1. The summed E-state index contributed by atoms with van der Waals surface area (Å²) in [6.07, 6.45) is 8.42. The topological polar surface area (TPSA) is 55.1 Å². The molecule has 2 fully saturated rings. The van der Waals surface area contributed by atoms with Crippen molar-refractivity contribution in [3.8, 4) is 0 Å². The molecular weight excluding hydrogens is 260 g/mol. The second kappa shape index (κ2) is 5.70. The fourth-order valence-electron chi connectivity index (χ4n) is 3.67. The van der Waals surface area contributed by atoms with Crippen LogP contribution in [0.2, 0.25) is 0 Å². The molecule has 0 heterocycles. The Morgan fingerprint density at radius 1 is 1.19 bits per heavy atom. The van der Waals surface area contributed by atoms with Crippen molar-refractivity contribution in [2.45, 2.75) is 63.3 Å². The first-order valence-corrected chi connectivity index (χ1v) is 8.29. The standard InChI is InChI=1S/C18H26N2O/c1-13(14-5-3-2-4-6-14)20-17(21)18(11-12-18)15-7-9-16(19)10-8-15/h7-10,13-14H,2-6,11-12,19H2,1H3,(H,20,21)/t13-/m1/s1. The summed E-state index contributed by atoms with van der Waals surface area (Å²) in [5, 5.41) is 3.30. The lowest BCUT2D eigenvalue weighted by molar-refractivity contribution is -0.124. The maximum Gasteiger partial charge on any atom is 0.230 e. The molecule has 0 bridgehead atoms. The van der Waals surface area contributed by atoms with Crippen molar-refractivity contribution in [3.63, 3.8) is 0 Å². The van der Waals surface area contributed by atoms with Gasteiger partial charge in [0.1, 0.15) is 0 Å². The number of anilines is 1. The molecule has 1 aromatic rings. The van der Waals surface area contributed by atoms with E-state index in [0.717, 1.165) is 24.1 Å². The van der Waals surface area contributed by atoms with Crippen molar-refractivity contribution in [3.05, 3.63) is 29.8 Å². The van der Waals surface area contributed by atoms with Crippen LogP contribution in [0.25, 0.3) is 0 Å². The van der Waals surface area contributed by atoms with Crippen molar-refractivity contribution in [2.75, 3.05) is 5.73 Å². The van der Waals surface area contributed by atoms with Crippen LogP contribution in [0.3, 0.4) is 0 Å². The lowest BCUT2D eigenvalue weighted by atomic mass is 9.84. The zero-order chi connectivity index (χ0) is 14.9. The third-order valence-electron chi connectivity index (χ3n) is 5.36. The molecule has 0 unspecified atom stereocenters. The van der Waals surface area contributed by atoms with E-state index in [0.29, 0.717) is 12.0 Å². The van der Waals surface area contributed by atoms with Gasteiger partial charge in [0, 0.05) is 11.7 Å². The fourth-order valence-corrected chi connectivity index (χ4v) is 3.67. The quantitative estimate of drug-likeness (QED) is 0.834. The van der Waals surface area contributed by atoms with Gasteiger partial charge in [0.2, 0.25) is 5.91 Å². The average molecular weight is 286 g/mol. The SMILES string of the molecule is C[C@@H](NC(=O)C1(c2ccc(N)cc2)CC1)C1CCCCC1. The highest BCUT2D eigenvalue weighted by Crippen LogP contribution is 2.48. The van der Waals surface area contributed by atoms with Crippen LogP contribution >= 0.6 is 0 Å². The van der Waals surface area contributed by atoms with Crippen LogP contribution in [0.4, 0.5) is 5.69 Å². The molecule has 0 aliphatic heterocycles. The Bertz CT molecular complexity index is 498. The minimum absolute atomic E-state index is 0.213. The van der Waals surface area contributed by atoms with Gasteiger partial charge in [-0.3, -0.25) is 4.79 Å². The van der Waals surface area contributed by atoms with Crippen LogP contribution < -0.4 is 11.1 Å². The molecule has 114 valence electrons. The van der Waals surface area contributed by atoms with Crippen molar-refractivity contribution in [1.82, 2.24) is 5.32 Å². The zero-order valence-electron chi connectivity index (χ0n) is 12.9. The number of amides is 1. The Hall–Kier alpha value is -1.51. The highest BCUT2D eigenvalue weighted by molar-refractivity contribution is 5.91. The van der Waals surface area contributed by atoms with Crippen molar-refractivity contribution in [1.29, 1.82) is 0 Å². The molecule has 1 aromatic carbocycles. The van der Waals surface area contributed by atoms with Crippen LogP contribution in [0.5, 0.6) is 0 Å². The molecular formula is C18H26N2O. The van der Waals surface area contributed by atoms with Gasteiger partial charge in [-0.15, -0.1) is 0 Å². The van der Waals surface area contributed by atoms with Gasteiger partial charge < -0.3 is 11.1 Å². The Labute approximate surface area is 127 Å². The van der Waals surface area contributed by atoms with E-state index in [1.165, 1.54) is 32.1 Å². The normalized spacial score (nSPS) is 22.5. The summed E-state index contributed by atoms with van der Waals surface area (Å²) >= 11 is 0. The molecule has 2 aliphatic carbocycles. The summed E-state index contributed by atoms with van der Waals surface area (Å²) in [6, 6.07) is 8.10. The van der Waals surface area contributed by atoms with Gasteiger partial charge in [0.25, 0.3) is 0 Å². The van der Waals surface area contributed by atoms with Gasteiger partial charge in [-0.2, -0.15) is 0 Å². The highest BCUT2D eigenvalue weighted by atomic mass is 16.2. The molecule has 0 radical (unpaired) electrons. The van der Waals surface area contributed by atoms with Gasteiger partial charge in [0.15, 0.2) is 0 Å². The third kappa shape index (κ3) is 2.92. The van der Waals surface area contributed by atoms with Crippen molar-refractivity contribution in [2.24, 2.45) is 5.92 Å². The van der Waals surface area contributed by atoms with Crippen LogP contribution in [0, 0.1) is 5.92 Å². The van der Waals surface area contributed by atoms with Crippen LogP contribution in [0.1, 0.15) is 57.4 Å². The first kappa shape index (κ1) is 14.4. The number of carbonyl (C=O) groups is 1. The molecule has 0 spiro atoms. The molecule has 3 rings (SSSR count). The van der Waals surface area contributed by atoms with E-state index in [1.54, 1.807) is 0 Å². The van der Waals surface area contributed by atoms with E-state index >= 15 is 0 Å². The number of carbonyl (C=O) groups excluding carboxylic acids is 1. The fraction of sp³-hybridized carbons (Fsp3) is 0.611. The molecule has 3 nitrogen and oxygen atoms in total. The Morgan fingerprint density at radius 2 is 1.81 bits per heavy atom. The van der Waals surface area contributed by atoms with E-state index in [2.05, 4.69) is 12.2 Å². The first-order valence-electron chi connectivity index (χ1n) is 8.29. The summed E-state index contributed by atoms with van der Waals surface area (Å²) in [5.74, 6) is 0.871. The summed E-state index contributed by atoms with van der Waals surface area (Å²) in [4.78, 5) is 12.7. The molecule has 2 aliphatic rings. The average Bonchev–Trinajstić information content (AvgIpc) is 3.30. The maximum absolute atomic E-state index is 12.7. The first-order chi connectivity index (χ1) is 10.1. The number of hydrogen-bond donors (Lipinski definition) is 2. The van der Waals surface area contributed by atoms with Gasteiger partial charge >= 0.3 is 0 Å². The van der Waals surface area contributed by atoms with E-state index in [1.807, 2.05) is 24.3 Å². The monoisotopic (exact) mass is 286 g/mol. The molecule has 3 heteroatoms. The van der Waals surface area contributed by atoms with Gasteiger partial charge in [-0.05, 0) is 56.2 Å². The summed E-state index contributed by atoms with van der Waals surface area (Å²) < 4.78 is 0. The van der Waals surface area contributed by atoms with E-state index in [9.17, 15) is 4.79 Å². The maximum atomic E-state index is 12.7. The zero-order valence-corrected chi connectivity index (χ0v) is 12.9. The van der Waals surface area contributed by atoms with Crippen LogP contribution in [-0.2, 0) is 10.2 Å². The summed E-state index contributed by atoms with van der Waals surface area (Å²) in [7, 11) is 0. The minimum Gasteiger partial charge on any atom is -0.399 e. The lowest BCUT2D eigenvalue weighted by Gasteiger charge is -2.29. The molecule has 1 amide bonds. The van der Waals surface area contributed by atoms with E-state index in [4.69, 9.17) is 5.73 Å². The number of nitrogens with two attached hydrogens (primary N) is 1. The number of hydrogen-bond acceptors (Lipinski definition) is 2. The molecule has 0 aromatic heterocycles. The Balaban J connectivity index is 1.65. The summed E-state index contributed by atoms with van der Waals surface area (Å²) in [6.45, 7) is 2.17. The largest absolute Gasteiger partial charge is 0.399 e. The number of rotatable bonds is 4. The summed E-state index contributed by atoms with van der Waals surface area (Å²) in [5.41, 5.74) is 7.33. The lowest BCUT2D eigenvalue weighted by Crippen LogP contribution is -2.44. The second-order valence-electron chi connectivity index (χ2n) is 6.86. The number of nitrogens with one attached hydrogen (secondary N) is 1. The molecule has 2 saturated carbocycles. The van der Waals surface area contributed by atoms with Gasteiger partial charge in [-0.25, -0.2) is 0 Å². The van der Waals surface area contributed by atoms with Crippen LogP contribution in [-0.4, -0.2) is 11.9 Å². The van der Waals surface area contributed by atoms with E-state index < -0.39 is 0 Å². The Kier molecular flexibility index (Phi) is 3.92. The van der Waals surface area contributed by atoms with Crippen molar-refractivity contribution < 1.29 is 4.79 Å². The minimum atomic E-state index is -0.281. The van der Waals surface area contributed by atoms with Crippen LogP contribution in [0.15, 0.2) is 24.3 Å². The molecule has 0 saturated heterocycles. The molecule has 1 atom stereocenters. The van der Waals surface area contributed by atoms with Gasteiger partial charge in [0.05, 0.1) is 5.41 Å². The predicted octanol–water partition coefficient (Wildman–Crippen LogP) is 3.39. The second-order valence-corrected chi connectivity index (χ2v) is 6.86. The van der Waals surface area contributed by atoms with E-state index in [-0.39, 0.29) is 11.3 Å². The Morgan fingerprint density at radius 3 is 2.38 bits per heavy atom. The van der Waals surface area contributed by atoms with Crippen molar-refractivity contribution >= 4 is 11.6 Å². The third-order valence-corrected chi connectivity index (χ3v) is 5.36. The van der Waals surface area contributed by atoms with Gasteiger partial charge in [-0.1, -0.05) is 31.4 Å². The number of nitrogen functional groups attached to an aromatic ring is 1. The molecule has 21 heavy (non-hydrogen) atoms. The predicted molar refractivity (Wildman–Crippen MR) is 85.9 cm³/mol.